The van der Waals surface area contributed by atoms with E-state index < -0.39 is 0 Å². The minimum absolute atomic E-state index is 0.132. The third kappa shape index (κ3) is 1.99. The number of nitrogen functional groups attached to an aromatic ring is 1. The lowest BCUT2D eigenvalue weighted by Crippen LogP contribution is -2.08. The zero-order chi connectivity index (χ0) is 11.5. The molecular formula is C10H7ClN4O. The van der Waals surface area contributed by atoms with E-state index in [4.69, 9.17) is 17.3 Å². The first-order valence-corrected chi connectivity index (χ1v) is 4.78. The van der Waals surface area contributed by atoms with Crippen LogP contribution < -0.4 is 5.73 Å². The van der Waals surface area contributed by atoms with Crippen molar-refractivity contribution in [3.63, 3.8) is 0 Å². The summed E-state index contributed by atoms with van der Waals surface area (Å²) in [6, 6.07) is 2.97. The van der Waals surface area contributed by atoms with Gasteiger partial charge in [-0.05, 0) is 12.1 Å². The van der Waals surface area contributed by atoms with Gasteiger partial charge in [-0.25, -0.2) is 15.0 Å². The number of nitrogens with zero attached hydrogens (tertiary/aromatic N) is 3. The molecule has 0 unspecified atom stereocenters. The van der Waals surface area contributed by atoms with Gasteiger partial charge in [-0.1, -0.05) is 11.6 Å². The molecule has 2 aromatic heterocycles. The molecule has 0 aromatic carbocycles. The summed E-state index contributed by atoms with van der Waals surface area (Å²) in [5.74, 6) is -0.192. The highest BCUT2D eigenvalue weighted by Crippen LogP contribution is 2.17. The highest BCUT2D eigenvalue weighted by atomic mass is 35.5. The molecule has 0 bridgehead atoms. The standard InChI is InChI=1S/C10H7ClN4O/c11-6-3-7(10(12)14-4-6)9(16)8-1-2-13-5-15-8/h1-5H,(H2,12,14). The Labute approximate surface area is 96.3 Å². The summed E-state index contributed by atoms with van der Waals surface area (Å²) in [6.07, 6.45) is 4.16. The van der Waals surface area contributed by atoms with E-state index in [1.807, 2.05) is 0 Å². The van der Waals surface area contributed by atoms with Gasteiger partial charge in [0.15, 0.2) is 0 Å². The van der Waals surface area contributed by atoms with E-state index in [-0.39, 0.29) is 22.9 Å². The van der Waals surface area contributed by atoms with Crippen LogP contribution in [0.5, 0.6) is 0 Å². The van der Waals surface area contributed by atoms with Crippen molar-refractivity contribution in [2.24, 2.45) is 0 Å². The number of carbonyl (C=O) groups excluding carboxylic acids is 1. The van der Waals surface area contributed by atoms with Gasteiger partial charge in [0.1, 0.15) is 17.8 Å². The lowest BCUT2D eigenvalue weighted by Gasteiger charge is -2.03. The average Bonchev–Trinajstić information content (AvgIpc) is 2.32. The van der Waals surface area contributed by atoms with Crippen molar-refractivity contribution in [1.29, 1.82) is 0 Å². The summed E-state index contributed by atoms with van der Waals surface area (Å²) in [6.45, 7) is 0. The molecule has 0 saturated carbocycles. The first-order chi connectivity index (χ1) is 7.68. The van der Waals surface area contributed by atoms with Gasteiger partial charge < -0.3 is 5.73 Å². The summed E-state index contributed by atoms with van der Waals surface area (Å²) >= 11 is 5.75. The highest BCUT2D eigenvalue weighted by molar-refractivity contribution is 6.31. The monoisotopic (exact) mass is 234 g/mol. The van der Waals surface area contributed by atoms with Crippen molar-refractivity contribution >= 4 is 23.2 Å². The number of hydrogen-bond acceptors (Lipinski definition) is 5. The molecule has 0 aliphatic heterocycles. The number of hydrogen-bond donors (Lipinski definition) is 1. The molecule has 2 aromatic rings. The van der Waals surface area contributed by atoms with Crippen molar-refractivity contribution in [1.82, 2.24) is 15.0 Å². The summed E-state index contributed by atoms with van der Waals surface area (Å²) in [5, 5.41) is 0.353. The van der Waals surface area contributed by atoms with Gasteiger partial charge >= 0.3 is 0 Å². The Balaban J connectivity index is 2.46. The van der Waals surface area contributed by atoms with Crippen LogP contribution in [-0.2, 0) is 0 Å². The van der Waals surface area contributed by atoms with Crippen molar-refractivity contribution in [2.45, 2.75) is 0 Å². The van der Waals surface area contributed by atoms with Gasteiger partial charge in [0, 0.05) is 12.4 Å². The van der Waals surface area contributed by atoms with Gasteiger partial charge in [-0.3, -0.25) is 4.79 Å². The van der Waals surface area contributed by atoms with Gasteiger partial charge in [0.25, 0.3) is 0 Å². The Kier molecular flexibility index (Phi) is 2.78. The Bertz CT molecular complexity index is 530. The van der Waals surface area contributed by atoms with E-state index in [2.05, 4.69) is 15.0 Å². The minimum Gasteiger partial charge on any atom is -0.383 e. The topological polar surface area (TPSA) is 81.8 Å². The first kappa shape index (κ1) is 10.5. The lowest BCUT2D eigenvalue weighted by molar-refractivity contribution is 0.103. The van der Waals surface area contributed by atoms with Crippen LogP contribution >= 0.6 is 11.6 Å². The first-order valence-electron chi connectivity index (χ1n) is 4.40. The molecule has 6 heteroatoms. The van der Waals surface area contributed by atoms with Crippen LogP contribution in [0.2, 0.25) is 5.02 Å². The SMILES string of the molecule is Nc1ncc(Cl)cc1C(=O)c1ccncn1. The molecule has 0 aliphatic carbocycles. The van der Waals surface area contributed by atoms with Crippen LogP contribution in [0.25, 0.3) is 0 Å². The number of ketones is 1. The molecule has 2 rings (SSSR count). The fourth-order valence-corrected chi connectivity index (χ4v) is 1.35. The zero-order valence-electron chi connectivity index (χ0n) is 8.09. The fraction of sp³-hybridized carbons (Fsp3) is 0. The summed E-state index contributed by atoms with van der Waals surface area (Å²) in [7, 11) is 0. The van der Waals surface area contributed by atoms with Crippen LogP contribution in [0.4, 0.5) is 5.82 Å². The predicted molar refractivity (Wildman–Crippen MR) is 59.1 cm³/mol. The van der Waals surface area contributed by atoms with E-state index in [0.29, 0.717) is 5.02 Å². The maximum atomic E-state index is 12.0. The van der Waals surface area contributed by atoms with Crippen LogP contribution in [0.3, 0.4) is 0 Å². The predicted octanol–water partition coefficient (Wildman–Crippen LogP) is 1.34. The highest BCUT2D eigenvalue weighted by Gasteiger charge is 2.14. The van der Waals surface area contributed by atoms with E-state index in [9.17, 15) is 4.79 Å². The Morgan fingerprint density at radius 1 is 1.38 bits per heavy atom. The number of aromatic nitrogens is 3. The molecule has 0 amide bonds. The smallest absolute Gasteiger partial charge is 0.215 e. The average molecular weight is 235 g/mol. The van der Waals surface area contributed by atoms with E-state index in [1.54, 1.807) is 0 Å². The molecule has 5 nitrogen and oxygen atoms in total. The Hall–Kier alpha value is -2.01. The van der Waals surface area contributed by atoms with Gasteiger partial charge in [-0.15, -0.1) is 0 Å². The van der Waals surface area contributed by atoms with Crippen molar-refractivity contribution in [3.05, 3.63) is 47.1 Å². The van der Waals surface area contributed by atoms with Crippen molar-refractivity contribution < 1.29 is 4.79 Å². The number of pyridine rings is 1. The molecule has 0 saturated heterocycles. The number of anilines is 1. The second kappa shape index (κ2) is 4.24. The molecular weight excluding hydrogens is 228 g/mol. The Morgan fingerprint density at radius 3 is 2.88 bits per heavy atom. The van der Waals surface area contributed by atoms with E-state index >= 15 is 0 Å². The largest absolute Gasteiger partial charge is 0.383 e. The number of nitrogens with two attached hydrogens (primary N) is 1. The summed E-state index contributed by atoms with van der Waals surface area (Å²) < 4.78 is 0. The van der Waals surface area contributed by atoms with Crippen LogP contribution in [-0.4, -0.2) is 20.7 Å². The maximum Gasteiger partial charge on any atom is 0.215 e. The van der Waals surface area contributed by atoms with Gasteiger partial charge in [0.2, 0.25) is 5.78 Å². The van der Waals surface area contributed by atoms with Gasteiger partial charge in [-0.2, -0.15) is 0 Å². The van der Waals surface area contributed by atoms with E-state index in [0.717, 1.165) is 0 Å². The minimum atomic E-state index is -0.324. The molecule has 2 N–H and O–H groups in total. The number of halogens is 1. The molecule has 80 valence electrons. The van der Waals surface area contributed by atoms with E-state index in [1.165, 1.54) is 30.9 Å². The molecule has 0 atom stereocenters. The third-order valence-corrected chi connectivity index (χ3v) is 2.15. The van der Waals surface area contributed by atoms with Crippen LogP contribution in [0.15, 0.2) is 30.9 Å². The summed E-state index contributed by atoms with van der Waals surface area (Å²) in [4.78, 5) is 23.3. The third-order valence-electron chi connectivity index (χ3n) is 1.94. The maximum absolute atomic E-state index is 12.0. The molecule has 16 heavy (non-hydrogen) atoms. The number of rotatable bonds is 2. The second-order valence-electron chi connectivity index (χ2n) is 3.01. The molecule has 0 spiro atoms. The lowest BCUT2D eigenvalue weighted by atomic mass is 10.1. The normalized spacial score (nSPS) is 10.1. The summed E-state index contributed by atoms with van der Waals surface area (Å²) in [5.41, 5.74) is 6.09. The zero-order valence-corrected chi connectivity index (χ0v) is 8.85. The molecule has 0 radical (unpaired) electrons. The second-order valence-corrected chi connectivity index (χ2v) is 3.45. The molecule has 0 fully saturated rings. The fourth-order valence-electron chi connectivity index (χ4n) is 1.19. The quantitative estimate of drug-likeness (QED) is 0.793. The molecule has 0 aliphatic rings. The van der Waals surface area contributed by atoms with Crippen LogP contribution in [0.1, 0.15) is 16.1 Å². The molecule has 2 heterocycles. The van der Waals surface area contributed by atoms with Gasteiger partial charge in [0.05, 0.1) is 10.6 Å². The van der Waals surface area contributed by atoms with Crippen molar-refractivity contribution in [2.75, 3.05) is 5.73 Å². The number of carbonyl (C=O) groups is 1. The van der Waals surface area contributed by atoms with Crippen molar-refractivity contribution in [3.8, 4) is 0 Å². The van der Waals surface area contributed by atoms with Crippen LogP contribution in [0, 0.1) is 0 Å². The Morgan fingerprint density at radius 2 is 2.19 bits per heavy atom.